The number of hydrogen-bond acceptors (Lipinski definition) is 2. The Morgan fingerprint density at radius 2 is 2.05 bits per heavy atom. The summed E-state index contributed by atoms with van der Waals surface area (Å²) in [7, 11) is 0. The lowest BCUT2D eigenvalue weighted by molar-refractivity contribution is 0.252. The third-order valence-corrected chi connectivity index (χ3v) is 3.04. The highest BCUT2D eigenvalue weighted by Crippen LogP contribution is 2.19. The number of halogens is 1. The SMILES string of the molecule is Cc1ccc(NC(=O)NCCc2cccc(F)c2)c(N)c1. The molecule has 0 aliphatic carbocycles. The van der Waals surface area contributed by atoms with Gasteiger partial charge < -0.3 is 16.4 Å². The van der Waals surface area contributed by atoms with Crippen molar-refractivity contribution in [2.45, 2.75) is 13.3 Å². The van der Waals surface area contributed by atoms with Crippen LogP contribution in [0.2, 0.25) is 0 Å². The fourth-order valence-corrected chi connectivity index (χ4v) is 1.98. The van der Waals surface area contributed by atoms with Crippen molar-refractivity contribution < 1.29 is 9.18 Å². The third kappa shape index (κ3) is 4.49. The van der Waals surface area contributed by atoms with Crippen LogP contribution in [0.25, 0.3) is 0 Å². The molecule has 0 bridgehead atoms. The van der Waals surface area contributed by atoms with Crippen molar-refractivity contribution in [2.24, 2.45) is 0 Å². The van der Waals surface area contributed by atoms with Crippen molar-refractivity contribution in [1.82, 2.24) is 5.32 Å². The van der Waals surface area contributed by atoms with Crippen molar-refractivity contribution in [3.05, 3.63) is 59.4 Å². The first-order chi connectivity index (χ1) is 10.0. The normalized spacial score (nSPS) is 10.2. The number of rotatable bonds is 4. The van der Waals surface area contributed by atoms with E-state index in [-0.39, 0.29) is 11.8 Å². The molecule has 0 fully saturated rings. The summed E-state index contributed by atoms with van der Waals surface area (Å²) >= 11 is 0. The molecule has 2 amide bonds. The molecule has 0 aliphatic heterocycles. The van der Waals surface area contributed by atoms with Gasteiger partial charge in [-0.1, -0.05) is 18.2 Å². The zero-order chi connectivity index (χ0) is 15.2. The van der Waals surface area contributed by atoms with Crippen LogP contribution in [-0.4, -0.2) is 12.6 Å². The Balaban J connectivity index is 1.82. The summed E-state index contributed by atoms with van der Waals surface area (Å²) in [5, 5.41) is 5.40. The van der Waals surface area contributed by atoms with Gasteiger partial charge in [0, 0.05) is 6.54 Å². The number of amides is 2. The molecular weight excluding hydrogens is 269 g/mol. The van der Waals surface area contributed by atoms with Crippen LogP contribution in [0.3, 0.4) is 0 Å². The van der Waals surface area contributed by atoms with Crippen LogP contribution >= 0.6 is 0 Å². The van der Waals surface area contributed by atoms with E-state index in [1.54, 1.807) is 18.2 Å². The molecule has 0 saturated carbocycles. The molecule has 4 N–H and O–H groups in total. The summed E-state index contributed by atoms with van der Waals surface area (Å²) in [6.45, 7) is 2.35. The van der Waals surface area contributed by atoms with E-state index in [4.69, 9.17) is 5.73 Å². The van der Waals surface area contributed by atoms with Crippen LogP contribution in [0.4, 0.5) is 20.6 Å². The highest BCUT2D eigenvalue weighted by atomic mass is 19.1. The largest absolute Gasteiger partial charge is 0.397 e. The van der Waals surface area contributed by atoms with Crippen molar-refractivity contribution in [3.8, 4) is 0 Å². The van der Waals surface area contributed by atoms with Crippen molar-refractivity contribution in [1.29, 1.82) is 0 Å². The molecule has 5 heteroatoms. The maximum atomic E-state index is 13.0. The van der Waals surface area contributed by atoms with E-state index in [0.717, 1.165) is 11.1 Å². The number of carbonyl (C=O) groups excluding carboxylic acids is 1. The van der Waals surface area contributed by atoms with Gasteiger partial charge >= 0.3 is 6.03 Å². The molecule has 0 heterocycles. The van der Waals surface area contributed by atoms with Gasteiger partial charge in [0.25, 0.3) is 0 Å². The fourth-order valence-electron chi connectivity index (χ4n) is 1.98. The van der Waals surface area contributed by atoms with Crippen LogP contribution < -0.4 is 16.4 Å². The predicted molar refractivity (Wildman–Crippen MR) is 82.7 cm³/mol. The van der Waals surface area contributed by atoms with Gasteiger partial charge in [-0.3, -0.25) is 0 Å². The number of nitrogens with one attached hydrogen (secondary N) is 2. The summed E-state index contributed by atoms with van der Waals surface area (Å²) in [4.78, 5) is 11.8. The molecule has 0 atom stereocenters. The van der Waals surface area contributed by atoms with E-state index < -0.39 is 0 Å². The number of hydrogen-bond donors (Lipinski definition) is 3. The van der Waals surface area contributed by atoms with Crippen LogP contribution in [-0.2, 0) is 6.42 Å². The molecule has 2 rings (SSSR count). The summed E-state index contributed by atoms with van der Waals surface area (Å²) < 4.78 is 13.0. The lowest BCUT2D eigenvalue weighted by atomic mass is 10.1. The lowest BCUT2D eigenvalue weighted by Crippen LogP contribution is -2.30. The van der Waals surface area contributed by atoms with E-state index in [0.29, 0.717) is 24.3 Å². The number of urea groups is 1. The average molecular weight is 287 g/mol. The van der Waals surface area contributed by atoms with Gasteiger partial charge in [-0.2, -0.15) is 0 Å². The topological polar surface area (TPSA) is 67.2 Å². The second-order valence-electron chi connectivity index (χ2n) is 4.85. The Morgan fingerprint density at radius 1 is 1.24 bits per heavy atom. The Kier molecular flexibility index (Phi) is 4.77. The monoisotopic (exact) mass is 287 g/mol. The maximum absolute atomic E-state index is 13.0. The van der Waals surface area contributed by atoms with Crippen molar-refractivity contribution >= 4 is 17.4 Å². The Hall–Kier alpha value is -2.56. The van der Waals surface area contributed by atoms with Gasteiger partial charge in [-0.05, 0) is 48.7 Å². The number of benzene rings is 2. The lowest BCUT2D eigenvalue weighted by Gasteiger charge is -2.10. The number of nitrogen functional groups attached to an aromatic ring is 1. The number of carbonyl (C=O) groups is 1. The average Bonchev–Trinajstić information content (AvgIpc) is 2.42. The fraction of sp³-hybridized carbons (Fsp3) is 0.188. The molecule has 4 nitrogen and oxygen atoms in total. The first kappa shape index (κ1) is 14.8. The number of nitrogens with two attached hydrogens (primary N) is 1. The standard InChI is InChI=1S/C16H18FN3O/c1-11-5-6-15(14(18)9-11)20-16(21)19-8-7-12-3-2-4-13(17)10-12/h2-6,9-10H,7-8,18H2,1H3,(H2,19,20,21). The smallest absolute Gasteiger partial charge is 0.319 e. The summed E-state index contributed by atoms with van der Waals surface area (Å²) in [5.41, 5.74) is 8.79. The van der Waals surface area contributed by atoms with E-state index >= 15 is 0 Å². The van der Waals surface area contributed by atoms with Crippen LogP contribution in [0.1, 0.15) is 11.1 Å². The molecule has 0 radical (unpaired) electrons. The molecule has 0 aliphatic rings. The Labute approximate surface area is 123 Å². The summed E-state index contributed by atoms with van der Waals surface area (Å²) in [5.74, 6) is -0.274. The number of aryl methyl sites for hydroxylation is 1. The number of anilines is 2. The highest BCUT2D eigenvalue weighted by Gasteiger charge is 2.04. The maximum Gasteiger partial charge on any atom is 0.319 e. The van der Waals surface area contributed by atoms with Crippen LogP contribution in [0.5, 0.6) is 0 Å². The highest BCUT2D eigenvalue weighted by molar-refractivity contribution is 5.92. The minimum absolute atomic E-state index is 0.274. The first-order valence-corrected chi connectivity index (χ1v) is 6.70. The van der Waals surface area contributed by atoms with E-state index in [9.17, 15) is 9.18 Å². The molecule has 0 saturated heterocycles. The van der Waals surface area contributed by atoms with Gasteiger partial charge in [0.05, 0.1) is 11.4 Å². The zero-order valence-electron chi connectivity index (χ0n) is 11.8. The predicted octanol–water partition coefficient (Wildman–Crippen LogP) is 3.08. The quantitative estimate of drug-likeness (QED) is 0.756. The Bertz CT molecular complexity index is 643. The van der Waals surface area contributed by atoms with Crippen LogP contribution in [0.15, 0.2) is 42.5 Å². The van der Waals surface area contributed by atoms with Gasteiger partial charge in [0.1, 0.15) is 5.82 Å². The Morgan fingerprint density at radius 3 is 2.76 bits per heavy atom. The van der Waals surface area contributed by atoms with Crippen molar-refractivity contribution in [2.75, 3.05) is 17.6 Å². The molecule has 2 aromatic carbocycles. The molecule has 0 unspecified atom stereocenters. The van der Waals surface area contributed by atoms with Crippen molar-refractivity contribution in [3.63, 3.8) is 0 Å². The first-order valence-electron chi connectivity index (χ1n) is 6.70. The summed E-state index contributed by atoms with van der Waals surface area (Å²) in [6, 6.07) is 11.4. The van der Waals surface area contributed by atoms with Gasteiger partial charge in [0.2, 0.25) is 0 Å². The van der Waals surface area contributed by atoms with Gasteiger partial charge in [-0.25, -0.2) is 9.18 Å². The zero-order valence-corrected chi connectivity index (χ0v) is 11.8. The van der Waals surface area contributed by atoms with Gasteiger partial charge in [0.15, 0.2) is 0 Å². The summed E-state index contributed by atoms with van der Waals surface area (Å²) in [6.07, 6.45) is 0.564. The molecule has 110 valence electrons. The van der Waals surface area contributed by atoms with E-state index in [1.165, 1.54) is 12.1 Å². The minimum atomic E-state index is -0.332. The molecule has 2 aromatic rings. The molecular formula is C16H18FN3O. The van der Waals surface area contributed by atoms with E-state index in [1.807, 2.05) is 19.1 Å². The third-order valence-electron chi connectivity index (χ3n) is 3.04. The second-order valence-corrected chi connectivity index (χ2v) is 4.85. The minimum Gasteiger partial charge on any atom is -0.397 e. The molecule has 0 aromatic heterocycles. The van der Waals surface area contributed by atoms with Crippen LogP contribution in [0, 0.1) is 12.7 Å². The molecule has 21 heavy (non-hydrogen) atoms. The van der Waals surface area contributed by atoms with E-state index in [2.05, 4.69) is 10.6 Å². The van der Waals surface area contributed by atoms with Gasteiger partial charge in [-0.15, -0.1) is 0 Å². The second kappa shape index (κ2) is 6.74. The molecule has 0 spiro atoms.